The summed E-state index contributed by atoms with van der Waals surface area (Å²) in [5.74, 6) is 0.0438. The second kappa shape index (κ2) is 8.03. The fraction of sp³-hybridized carbons (Fsp3) is 0.316. The van der Waals surface area contributed by atoms with Crippen molar-refractivity contribution in [2.45, 2.75) is 19.9 Å². The van der Waals surface area contributed by atoms with Crippen molar-refractivity contribution < 1.29 is 9.53 Å². The number of amides is 1. The summed E-state index contributed by atoms with van der Waals surface area (Å²) in [6.07, 6.45) is 2.48. The van der Waals surface area contributed by atoms with Gasteiger partial charge < -0.3 is 10.1 Å². The summed E-state index contributed by atoms with van der Waals surface area (Å²) in [5.41, 5.74) is 0.0531. The van der Waals surface area contributed by atoms with Gasteiger partial charge in [-0.3, -0.25) is 18.7 Å². The first-order chi connectivity index (χ1) is 13.4. The normalized spacial score (nSPS) is 10.8. The van der Waals surface area contributed by atoms with Crippen molar-refractivity contribution in [3.63, 3.8) is 0 Å². The molecule has 0 aliphatic heterocycles. The fourth-order valence-electron chi connectivity index (χ4n) is 2.73. The summed E-state index contributed by atoms with van der Waals surface area (Å²) in [4.78, 5) is 45.2. The van der Waals surface area contributed by atoms with Crippen molar-refractivity contribution in [3.8, 4) is 5.88 Å². The van der Waals surface area contributed by atoms with Crippen LogP contribution in [0.1, 0.15) is 29.4 Å². The molecule has 0 atom stereocenters. The van der Waals surface area contributed by atoms with Crippen LogP contribution in [0.5, 0.6) is 5.88 Å². The molecule has 0 unspecified atom stereocenters. The van der Waals surface area contributed by atoms with Crippen molar-refractivity contribution in [2.24, 2.45) is 14.1 Å². The van der Waals surface area contributed by atoms with Crippen LogP contribution in [0.15, 0.2) is 40.1 Å². The molecule has 28 heavy (non-hydrogen) atoms. The minimum absolute atomic E-state index is 0.107. The van der Waals surface area contributed by atoms with E-state index in [2.05, 4.69) is 15.3 Å². The first kappa shape index (κ1) is 19.3. The average molecular weight is 383 g/mol. The molecule has 3 rings (SSSR count). The van der Waals surface area contributed by atoms with Crippen LogP contribution in [-0.4, -0.2) is 31.6 Å². The molecule has 1 amide bonds. The first-order valence-electron chi connectivity index (χ1n) is 8.85. The molecule has 1 N–H and O–H groups in total. The summed E-state index contributed by atoms with van der Waals surface area (Å²) >= 11 is 0. The molecule has 0 aliphatic rings. The number of nitrogens with one attached hydrogen (secondary N) is 1. The van der Waals surface area contributed by atoms with Gasteiger partial charge in [-0.2, -0.15) is 0 Å². The van der Waals surface area contributed by atoms with E-state index in [0.717, 1.165) is 16.6 Å². The number of hydrogen-bond acceptors (Lipinski definition) is 6. The van der Waals surface area contributed by atoms with Crippen molar-refractivity contribution in [3.05, 3.63) is 62.6 Å². The number of aryl methyl sites for hydroxylation is 1. The highest BCUT2D eigenvalue weighted by molar-refractivity contribution is 5.94. The maximum absolute atomic E-state index is 12.5. The van der Waals surface area contributed by atoms with Gasteiger partial charge in [-0.05, 0) is 24.6 Å². The molecule has 0 aliphatic carbocycles. The Morgan fingerprint density at radius 2 is 1.96 bits per heavy atom. The number of pyridine rings is 2. The van der Waals surface area contributed by atoms with E-state index in [-0.39, 0.29) is 23.3 Å². The highest BCUT2D eigenvalue weighted by atomic mass is 16.5. The van der Waals surface area contributed by atoms with Gasteiger partial charge in [0.2, 0.25) is 5.88 Å². The van der Waals surface area contributed by atoms with Gasteiger partial charge in [-0.1, -0.05) is 13.0 Å². The Bertz CT molecular complexity index is 1150. The zero-order chi connectivity index (χ0) is 20.3. The van der Waals surface area contributed by atoms with E-state index in [1.807, 2.05) is 13.0 Å². The Labute approximate surface area is 160 Å². The van der Waals surface area contributed by atoms with E-state index in [0.29, 0.717) is 12.5 Å². The topological polar surface area (TPSA) is 108 Å². The summed E-state index contributed by atoms with van der Waals surface area (Å²) < 4.78 is 7.83. The molecule has 3 aromatic rings. The minimum Gasteiger partial charge on any atom is -0.477 e. The average Bonchev–Trinajstić information content (AvgIpc) is 2.73. The van der Waals surface area contributed by atoms with E-state index >= 15 is 0 Å². The number of nitrogens with zero attached hydrogens (tertiary/aromatic N) is 4. The molecule has 0 saturated heterocycles. The minimum atomic E-state index is -0.504. The Morgan fingerprint density at radius 1 is 1.18 bits per heavy atom. The number of rotatable bonds is 6. The predicted molar refractivity (Wildman–Crippen MR) is 103 cm³/mol. The molecule has 0 saturated carbocycles. The number of carbonyl (C=O) groups excluding carboxylic acids is 1. The molecule has 9 nitrogen and oxygen atoms in total. The number of fused-ring (bicyclic) bond motifs is 1. The number of carbonyl (C=O) groups is 1. The van der Waals surface area contributed by atoms with E-state index in [1.165, 1.54) is 30.8 Å². The molecule has 3 heterocycles. The highest BCUT2D eigenvalue weighted by Crippen LogP contribution is 2.14. The monoisotopic (exact) mass is 383 g/mol. The van der Waals surface area contributed by atoms with E-state index < -0.39 is 17.2 Å². The molecule has 0 radical (unpaired) electrons. The fourth-order valence-corrected chi connectivity index (χ4v) is 2.73. The quantitative estimate of drug-likeness (QED) is 0.673. The van der Waals surface area contributed by atoms with Crippen molar-refractivity contribution in [1.82, 2.24) is 24.4 Å². The lowest BCUT2D eigenvalue weighted by Gasteiger charge is -2.11. The SMILES string of the molecule is CCCOc1ncccc1CNC(=O)c1ccc2c(=O)n(C)c(=O)n(C)c2n1. The smallest absolute Gasteiger partial charge is 0.332 e. The number of aromatic nitrogens is 4. The van der Waals surface area contributed by atoms with Gasteiger partial charge in [0, 0.05) is 32.4 Å². The summed E-state index contributed by atoms with van der Waals surface area (Å²) in [6, 6.07) is 6.54. The van der Waals surface area contributed by atoms with Crippen molar-refractivity contribution in [1.29, 1.82) is 0 Å². The molecule has 0 aromatic carbocycles. The first-order valence-corrected chi connectivity index (χ1v) is 8.85. The third-order valence-electron chi connectivity index (χ3n) is 4.27. The van der Waals surface area contributed by atoms with Gasteiger partial charge in [0.15, 0.2) is 0 Å². The third-order valence-corrected chi connectivity index (χ3v) is 4.27. The van der Waals surface area contributed by atoms with Crippen LogP contribution in [0, 0.1) is 0 Å². The van der Waals surface area contributed by atoms with Crippen LogP contribution in [0.25, 0.3) is 11.0 Å². The van der Waals surface area contributed by atoms with Gasteiger partial charge in [0.25, 0.3) is 11.5 Å². The maximum atomic E-state index is 12.5. The largest absolute Gasteiger partial charge is 0.477 e. The van der Waals surface area contributed by atoms with Gasteiger partial charge >= 0.3 is 5.69 Å². The standard InChI is InChI=1S/C19H21N5O4/c1-4-10-28-17-12(6-5-9-20-17)11-21-16(25)14-8-7-13-15(22-14)23(2)19(27)24(3)18(13)26/h5-9H,4,10-11H2,1-3H3,(H,21,25). The Morgan fingerprint density at radius 3 is 2.71 bits per heavy atom. The van der Waals surface area contributed by atoms with Crippen LogP contribution in [0.2, 0.25) is 0 Å². The van der Waals surface area contributed by atoms with Crippen LogP contribution in [0.4, 0.5) is 0 Å². The Balaban J connectivity index is 1.85. The van der Waals surface area contributed by atoms with Crippen LogP contribution >= 0.6 is 0 Å². The van der Waals surface area contributed by atoms with Crippen LogP contribution in [-0.2, 0) is 20.6 Å². The molecule has 0 fully saturated rings. The molecule has 9 heteroatoms. The highest BCUT2D eigenvalue weighted by Gasteiger charge is 2.14. The molecular weight excluding hydrogens is 362 g/mol. The predicted octanol–water partition coefficient (Wildman–Crippen LogP) is 0.746. The van der Waals surface area contributed by atoms with E-state index in [9.17, 15) is 14.4 Å². The molecule has 3 aromatic heterocycles. The Hall–Kier alpha value is -3.49. The summed E-state index contributed by atoms with van der Waals surface area (Å²) in [5, 5.41) is 3.03. The van der Waals surface area contributed by atoms with Crippen LogP contribution in [0.3, 0.4) is 0 Å². The number of hydrogen-bond donors (Lipinski definition) is 1. The van der Waals surface area contributed by atoms with Gasteiger partial charge in [0.05, 0.1) is 12.0 Å². The zero-order valence-electron chi connectivity index (χ0n) is 15.9. The second-order valence-corrected chi connectivity index (χ2v) is 6.27. The molecule has 0 bridgehead atoms. The lowest BCUT2D eigenvalue weighted by Crippen LogP contribution is -2.37. The second-order valence-electron chi connectivity index (χ2n) is 6.27. The molecule has 146 valence electrons. The number of ether oxygens (including phenoxy) is 1. The molecule has 0 spiro atoms. The summed E-state index contributed by atoms with van der Waals surface area (Å²) in [7, 11) is 2.91. The van der Waals surface area contributed by atoms with Gasteiger partial charge in [-0.15, -0.1) is 0 Å². The maximum Gasteiger partial charge on any atom is 0.332 e. The zero-order valence-corrected chi connectivity index (χ0v) is 15.9. The summed E-state index contributed by atoms with van der Waals surface area (Å²) in [6.45, 7) is 2.74. The van der Waals surface area contributed by atoms with E-state index in [1.54, 1.807) is 12.3 Å². The van der Waals surface area contributed by atoms with Gasteiger partial charge in [0.1, 0.15) is 11.3 Å². The lowest BCUT2D eigenvalue weighted by molar-refractivity contribution is 0.0946. The van der Waals surface area contributed by atoms with Crippen molar-refractivity contribution in [2.75, 3.05) is 6.61 Å². The Kier molecular flexibility index (Phi) is 5.53. The van der Waals surface area contributed by atoms with E-state index in [4.69, 9.17) is 4.74 Å². The molecular formula is C19H21N5O4. The third kappa shape index (κ3) is 3.64. The van der Waals surface area contributed by atoms with Crippen molar-refractivity contribution >= 4 is 16.9 Å². The lowest BCUT2D eigenvalue weighted by atomic mass is 10.2. The van der Waals surface area contributed by atoms with Gasteiger partial charge in [-0.25, -0.2) is 14.8 Å². The van der Waals surface area contributed by atoms with Crippen LogP contribution < -0.4 is 21.3 Å².